The molecule has 1 N–H and O–H groups in total. The molecule has 3 heteroatoms. The van der Waals surface area contributed by atoms with Gasteiger partial charge in [0.2, 0.25) is 5.95 Å². The molecule has 0 fully saturated rings. The third kappa shape index (κ3) is 1.79. The van der Waals surface area contributed by atoms with E-state index in [1.54, 1.807) is 6.20 Å². The van der Waals surface area contributed by atoms with Gasteiger partial charge in [0.25, 0.3) is 0 Å². The fourth-order valence-electron chi connectivity index (χ4n) is 0.802. The van der Waals surface area contributed by atoms with Gasteiger partial charge in [-0.15, -0.1) is 6.42 Å². The van der Waals surface area contributed by atoms with E-state index in [1.807, 2.05) is 31.7 Å². The number of hydrogen-bond donors (Lipinski definition) is 1. The summed E-state index contributed by atoms with van der Waals surface area (Å²) >= 11 is 0. The minimum Gasteiger partial charge on any atom is -0.340 e. The Morgan fingerprint density at radius 1 is 1.67 bits per heavy atom. The standard InChI is InChI=1S/C9H13N3/c1-5-9(2,3)11-8-10-6-7-12(8)4/h1,6-7H,2-4H3,(H,10,11). The van der Waals surface area contributed by atoms with E-state index in [4.69, 9.17) is 6.42 Å². The van der Waals surface area contributed by atoms with Crippen molar-refractivity contribution in [3.63, 3.8) is 0 Å². The van der Waals surface area contributed by atoms with Gasteiger partial charge in [-0.05, 0) is 13.8 Å². The lowest BCUT2D eigenvalue weighted by Crippen LogP contribution is -2.29. The van der Waals surface area contributed by atoms with Gasteiger partial charge >= 0.3 is 0 Å². The number of nitrogens with zero attached hydrogens (tertiary/aromatic N) is 2. The Balaban J connectivity index is 2.78. The molecule has 1 rings (SSSR count). The first-order valence-electron chi connectivity index (χ1n) is 3.78. The summed E-state index contributed by atoms with van der Waals surface area (Å²) in [5.74, 6) is 3.43. The Labute approximate surface area is 72.8 Å². The van der Waals surface area contributed by atoms with Crippen LogP contribution in [0, 0.1) is 12.3 Å². The van der Waals surface area contributed by atoms with Crippen molar-refractivity contribution in [3.8, 4) is 12.3 Å². The maximum atomic E-state index is 5.32. The van der Waals surface area contributed by atoms with Crippen LogP contribution < -0.4 is 5.32 Å². The zero-order valence-electron chi connectivity index (χ0n) is 7.63. The lowest BCUT2D eigenvalue weighted by Gasteiger charge is -2.19. The van der Waals surface area contributed by atoms with Crippen LogP contribution in [0.4, 0.5) is 5.95 Å². The maximum absolute atomic E-state index is 5.32. The predicted octanol–water partition coefficient (Wildman–Crippen LogP) is 1.24. The molecule has 0 aliphatic heterocycles. The highest BCUT2D eigenvalue weighted by molar-refractivity contribution is 5.34. The van der Waals surface area contributed by atoms with Crippen molar-refractivity contribution in [2.75, 3.05) is 5.32 Å². The lowest BCUT2D eigenvalue weighted by atomic mass is 10.1. The molecule has 1 heterocycles. The van der Waals surface area contributed by atoms with Crippen molar-refractivity contribution < 1.29 is 0 Å². The Kier molecular flexibility index (Phi) is 2.09. The van der Waals surface area contributed by atoms with E-state index in [0.29, 0.717) is 0 Å². The van der Waals surface area contributed by atoms with Crippen LogP contribution in [-0.2, 0) is 7.05 Å². The maximum Gasteiger partial charge on any atom is 0.203 e. The smallest absolute Gasteiger partial charge is 0.203 e. The molecular formula is C9H13N3. The Morgan fingerprint density at radius 2 is 2.33 bits per heavy atom. The fraction of sp³-hybridized carbons (Fsp3) is 0.444. The van der Waals surface area contributed by atoms with E-state index in [1.165, 1.54) is 0 Å². The molecule has 0 radical (unpaired) electrons. The predicted molar refractivity (Wildman–Crippen MR) is 49.7 cm³/mol. The third-order valence-corrected chi connectivity index (χ3v) is 1.61. The largest absolute Gasteiger partial charge is 0.340 e. The van der Waals surface area contributed by atoms with Crippen LogP contribution >= 0.6 is 0 Å². The first-order chi connectivity index (χ1) is 5.55. The quantitative estimate of drug-likeness (QED) is 0.665. The van der Waals surface area contributed by atoms with Gasteiger partial charge in [-0.3, -0.25) is 0 Å². The molecule has 12 heavy (non-hydrogen) atoms. The number of imidazole rings is 1. The Hall–Kier alpha value is -1.43. The van der Waals surface area contributed by atoms with Gasteiger partial charge in [-0.25, -0.2) is 4.98 Å². The van der Waals surface area contributed by atoms with Gasteiger partial charge in [0.1, 0.15) is 0 Å². The second kappa shape index (κ2) is 2.90. The number of aryl methyl sites for hydroxylation is 1. The van der Waals surface area contributed by atoms with Gasteiger partial charge in [0.15, 0.2) is 0 Å². The van der Waals surface area contributed by atoms with Crippen LogP contribution in [0.15, 0.2) is 12.4 Å². The number of rotatable bonds is 2. The van der Waals surface area contributed by atoms with Gasteiger partial charge in [-0.2, -0.15) is 0 Å². The second-order valence-electron chi connectivity index (χ2n) is 3.26. The summed E-state index contributed by atoms with van der Waals surface area (Å²) in [6.07, 6.45) is 8.92. The van der Waals surface area contributed by atoms with Crippen molar-refractivity contribution >= 4 is 5.95 Å². The molecule has 0 aromatic carbocycles. The summed E-state index contributed by atoms with van der Waals surface area (Å²) < 4.78 is 1.89. The monoisotopic (exact) mass is 163 g/mol. The number of terminal acetylenes is 1. The molecule has 0 saturated carbocycles. The molecule has 3 nitrogen and oxygen atoms in total. The highest BCUT2D eigenvalue weighted by Gasteiger charge is 2.14. The molecule has 0 atom stereocenters. The average Bonchev–Trinajstić information content (AvgIpc) is 2.36. The van der Waals surface area contributed by atoms with E-state index in [0.717, 1.165) is 5.95 Å². The number of anilines is 1. The van der Waals surface area contributed by atoms with Gasteiger partial charge in [-0.1, -0.05) is 5.92 Å². The minimum absolute atomic E-state index is 0.348. The first-order valence-corrected chi connectivity index (χ1v) is 3.78. The molecule has 0 amide bonds. The lowest BCUT2D eigenvalue weighted by molar-refractivity contribution is 0.716. The average molecular weight is 163 g/mol. The van der Waals surface area contributed by atoms with Crippen molar-refractivity contribution in [1.82, 2.24) is 9.55 Å². The SMILES string of the molecule is C#CC(C)(C)Nc1nccn1C. The highest BCUT2D eigenvalue weighted by Crippen LogP contribution is 2.10. The summed E-state index contributed by atoms with van der Waals surface area (Å²) in [6.45, 7) is 3.86. The van der Waals surface area contributed by atoms with E-state index in [9.17, 15) is 0 Å². The van der Waals surface area contributed by atoms with Gasteiger partial charge in [0.05, 0.1) is 5.54 Å². The van der Waals surface area contributed by atoms with Crippen molar-refractivity contribution in [3.05, 3.63) is 12.4 Å². The molecule has 0 unspecified atom stereocenters. The van der Waals surface area contributed by atoms with Crippen molar-refractivity contribution in [2.24, 2.45) is 7.05 Å². The van der Waals surface area contributed by atoms with Crippen LogP contribution in [0.25, 0.3) is 0 Å². The molecule has 0 bridgehead atoms. The molecule has 0 saturated heterocycles. The summed E-state index contributed by atoms with van der Waals surface area (Å²) in [5, 5.41) is 3.13. The zero-order valence-corrected chi connectivity index (χ0v) is 7.63. The zero-order chi connectivity index (χ0) is 9.19. The number of hydrogen-bond acceptors (Lipinski definition) is 2. The summed E-state index contributed by atoms with van der Waals surface area (Å²) in [5.41, 5.74) is -0.348. The van der Waals surface area contributed by atoms with E-state index >= 15 is 0 Å². The van der Waals surface area contributed by atoms with Gasteiger partial charge in [0, 0.05) is 19.4 Å². The Morgan fingerprint density at radius 3 is 2.75 bits per heavy atom. The molecule has 0 aliphatic rings. The topological polar surface area (TPSA) is 29.9 Å². The molecule has 0 aliphatic carbocycles. The molecule has 64 valence electrons. The van der Waals surface area contributed by atoms with Crippen LogP contribution in [-0.4, -0.2) is 15.1 Å². The highest BCUT2D eigenvalue weighted by atomic mass is 15.2. The number of nitrogens with one attached hydrogen (secondary N) is 1. The summed E-state index contributed by atoms with van der Waals surface area (Å²) in [4.78, 5) is 4.11. The van der Waals surface area contributed by atoms with Gasteiger partial charge < -0.3 is 9.88 Å². The van der Waals surface area contributed by atoms with Crippen LogP contribution in [0.3, 0.4) is 0 Å². The van der Waals surface area contributed by atoms with E-state index in [-0.39, 0.29) is 5.54 Å². The fourth-order valence-corrected chi connectivity index (χ4v) is 0.802. The molecule has 0 spiro atoms. The summed E-state index contributed by atoms with van der Waals surface area (Å²) in [6, 6.07) is 0. The second-order valence-corrected chi connectivity index (χ2v) is 3.26. The van der Waals surface area contributed by atoms with Crippen LogP contribution in [0.5, 0.6) is 0 Å². The van der Waals surface area contributed by atoms with Crippen molar-refractivity contribution in [2.45, 2.75) is 19.4 Å². The third-order valence-electron chi connectivity index (χ3n) is 1.61. The van der Waals surface area contributed by atoms with E-state index < -0.39 is 0 Å². The summed E-state index contributed by atoms with van der Waals surface area (Å²) in [7, 11) is 1.92. The normalized spacial score (nSPS) is 10.8. The minimum atomic E-state index is -0.348. The first kappa shape index (κ1) is 8.66. The van der Waals surface area contributed by atoms with Crippen molar-refractivity contribution in [1.29, 1.82) is 0 Å². The molecule has 1 aromatic heterocycles. The van der Waals surface area contributed by atoms with Crippen LogP contribution in [0.1, 0.15) is 13.8 Å². The van der Waals surface area contributed by atoms with Crippen LogP contribution in [0.2, 0.25) is 0 Å². The number of aromatic nitrogens is 2. The van der Waals surface area contributed by atoms with E-state index in [2.05, 4.69) is 16.2 Å². The Bertz CT molecular complexity index is 304. The molecular weight excluding hydrogens is 150 g/mol. The molecule has 1 aromatic rings.